The number of nitrogens with zero attached hydrogens (tertiary/aromatic N) is 5. The Bertz CT molecular complexity index is 518. The maximum absolute atomic E-state index is 5.66. The molecule has 0 atom stereocenters. The number of nitrogens with two attached hydrogens (primary N) is 1. The van der Waals surface area contributed by atoms with E-state index in [-0.39, 0.29) is 12.0 Å². The lowest BCUT2D eigenvalue weighted by Gasteiger charge is -2.16. The molecule has 2 heterocycles. The van der Waals surface area contributed by atoms with Crippen molar-refractivity contribution in [2.45, 2.75) is 19.9 Å². The van der Waals surface area contributed by atoms with Crippen molar-refractivity contribution in [3.05, 3.63) is 16.6 Å². The summed E-state index contributed by atoms with van der Waals surface area (Å²) >= 11 is 1.55. The van der Waals surface area contributed by atoms with Crippen molar-refractivity contribution in [3.8, 4) is 6.01 Å². The van der Waals surface area contributed by atoms with E-state index in [1.165, 1.54) is 0 Å². The number of nitrogen functional groups attached to an aromatic ring is 1. The minimum atomic E-state index is 0.154. The smallest absolute Gasteiger partial charge is 0.323 e. The molecule has 0 aliphatic rings. The highest BCUT2D eigenvalue weighted by Gasteiger charge is 2.11. The van der Waals surface area contributed by atoms with Gasteiger partial charge in [-0.05, 0) is 6.42 Å². The van der Waals surface area contributed by atoms with Crippen LogP contribution in [0.5, 0.6) is 6.01 Å². The molecule has 0 radical (unpaired) electrons. The number of hydrogen-bond donors (Lipinski definition) is 1. The average Bonchev–Trinajstić information content (AvgIpc) is 2.88. The van der Waals surface area contributed by atoms with Crippen molar-refractivity contribution in [2.24, 2.45) is 0 Å². The van der Waals surface area contributed by atoms with Crippen molar-refractivity contribution in [3.63, 3.8) is 0 Å². The van der Waals surface area contributed by atoms with Crippen molar-refractivity contribution in [1.82, 2.24) is 19.9 Å². The van der Waals surface area contributed by atoms with Crippen LogP contribution in [0.2, 0.25) is 0 Å². The molecule has 0 saturated heterocycles. The van der Waals surface area contributed by atoms with Crippen LogP contribution in [0.4, 0.5) is 11.9 Å². The SMILES string of the molecule is CCCOc1nc(N)nc(N(C)Cc2cscn2)n1. The van der Waals surface area contributed by atoms with Gasteiger partial charge in [-0.25, -0.2) is 4.98 Å². The second-order valence-corrected chi connectivity index (χ2v) is 4.68. The van der Waals surface area contributed by atoms with Crippen LogP contribution in [0, 0.1) is 0 Å². The number of thiazole rings is 1. The van der Waals surface area contributed by atoms with Crippen LogP contribution in [-0.2, 0) is 6.54 Å². The van der Waals surface area contributed by atoms with Crippen LogP contribution in [0.1, 0.15) is 19.0 Å². The molecule has 0 spiro atoms. The lowest BCUT2D eigenvalue weighted by molar-refractivity contribution is 0.292. The topological polar surface area (TPSA) is 90.0 Å². The van der Waals surface area contributed by atoms with E-state index in [4.69, 9.17) is 10.5 Å². The Morgan fingerprint density at radius 1 is 1.37 bits per heavy atom. The van der Waals surface area contributed by atoms with Gasteiger partial charge in [0.05, 0.1) is 24.4 Å². The maximum atomic E-state index is 5.66. The number of ether oxygens (including phenoxy) is 1. The minimum Gasteiger partial charge on any atom is -0.463 e. The van der Waals surface area contributed by atoms with Crippen molar-refractivity contribution >= 4 is 23.2 Å². The predicted molar refractivity (Wildman–Crippen MR) is 74.2 cm³/mol. The average molecular weight is 280 g/mol. The highest BCUT2D eigenvalue weighted by Crippen LogP contribution is 2.14. The van der Waals surface area contributed by atoms with Crippen LogP contribution in [0.3, 0.4) is 0 Å². The molecule has 0 aliphatic heterocycles. The van der Waals surface area contributed by atoms with Gasteiger partial charge in [-0.2, -0.15) is 15.0 Å². The molecule has 0 aromatic carbocycles. The number of rotatable bonds is 6. The third-order valence-electron chi connectivity index (χ3n) is 2.28. The number of anilines is 2. The van der Waals surface area contributed by atoms with Gasteiger partial charge in [0.1, 0.15) is 0 Å². The summed E-state index contributed by atoms with van der Waals surface area (Å²) in [6.45, 7) is 3.18. The van der Waals surface area contributed by atoms with Crippen molar-refractivity contribution in [1.29, 1.82) is 0 Å². The Morgan fingerprint density at radius 3 is 2.89 bits per heavy atom. The second-order valence-electron chi connectivity index (χ2n) is 3.96. The molecule has 8 heteroatoms. The normalized spacial score (nSPS) is 10.4. The summed E-state index contributed by atoms with van der Waals surface area (Å²) in [6.07, 6.45) is 0.885. The molecule has 102 valence electrons. The Labute approximate surface area is 115 Å². The van der Waals surface area contributed by atoms with Crippen LogP contribution in [0.15, 0.2) is 10.9 Å². The fourth-order valence-corrected chi connectivity index (χ4v) is 1.97. The first-order valence-corrected chi connectivity index (χ1v) is 6.86. The summed E-state index contributed by atoms with van der Waals surface area (Å²) in [5.41, 5.74) is 8.41. The van der Waals surface area contributed by atoms with Gasteiger partial charge in [-0.1, -0.05) is 6.92 Å². The first-order valence-electron chi connectivity index (χ1n) is 5.91. The minimum absolute atomic E-state index is 0.154. The largest absolute Gasteiger partial charge is 0.463 e. The summed E-state index contributed by atoms with van der Waals surface area (Å²) in [5.74, 6) is 0.632. The molecular weight excluding hydrogens is 264 g/mol. The Hall–Kier alpha value is -1.96. The number of hydrogen-bond acceptors (Lipinski definition) is 8. The van der Waals surface area contributed by atoms with E-state index >= 15 is 0 Å². The van der Waals surface area contributed by atoms with Crippen molar-refractivity contribution < 1.29 is 4.74 Å². The highest BCUT2D eigenvalue weighted by atomic mass is 32.1. The summed E-state index contributed by atoms with van der Waals surface area (Å²) in [7, 11) is 1.87. The third-order valence-corrected chi connectivity index (χ3v) is 2.92. The zero-order valence-corrected chi connectivity index (χ0v) is 11.7. The van der Waals surface area contributed by atoms with Crippen LogP contribution in [0.25, 0.3) is 0 Å². The van der Waals surface area contributed by atoms with Gasteiger partial charge < -0.3 is 15.4 Å². The van der Waals surface area contributed by atoms with E-state index in [2.05, 4.69) is 19.9 Å². The lowest BCUT2D eigenvalue weighted by Crippen LogP contribution is -2.20. The molecule has 0 fully saturated rings. The van der Waals surface area contributed by atoms with E-state index < -0.39 is 0 Å². The van der Waals surface area contributed by atoms with Gasteiger partial charge in [0, 0.05) is 12.4 Å². The van der Waals surface area contributed by atoms with Crippen LogP contribution >= 0.6 is 11.3 Å². The highest BCUT2D eigenvalue weighted by molar-refractivity contribution is 7.07. The molecule has 0 amide bonds. The molecule has 2 aromatic rings. The van der Waals surface area contributed by atoms with E-state index in [1.807, 2.05) is 24.3 Å². The fourth-order valence-electron chi connectivity index (χ4n) is 1.42. The van der Waals surface area contributed by atoms with E-state index in [0.29, 0.717) is 19.1 Å². The third kappa shape index (κ3) is 3.75. The predicted octanol–water partition coefficient (Wildman–Crippen LogP) is 1.34. The van der Waals surface area contributed by atoms with Crippen LogP contribution < -0.4 is 15.4 Å². The standard InChI is InChI=1S/C11H16N6OS/c1-3-4-18-11-15-9(12)14-10(16-11)17(2)5-8-6-19-7-13-8/h6-7H,3-5H2,1-2H3,(H2,12,14,15,16). The molecule has 2 rings (SSSR count). The van der Waals surface area contributed by atoms with Crippen LogP contribution in [-0.4, -0.2) is 33.6 Å². The molecular formula is C11H16N6OS. The quantitative estimate of drug-likeness (QED) is 0.853. The monoisotopic (exact) mass is 280 g/mol. The molecule has 0 bridgehead atoms. The molecule has 19 heavy (non-hydrogen) atoms. The molecule has 2 N–H and O–H groups in total. The summed E-state index contributed by atoms with van der Waals surface area (Å²) in [6, 6.07) is 0.259. The van der Waals surface area contributed by atoms with Gasteiger partial charge in [0.2, 0.25) is 11.9 Å². The van der Waals surface area contributed by atoms with Gasteiger partial charge in [0.15, 0.2) is 0 Å². The zero-order valence-electron chi connectivity index (χ0n) is 10.9. The summed E-state index contributed by atoms with van der Waals surface area (Å²) in [5, 5.41) is 1.98. The van der Waals surface area contributed by atoms with Gasteiger partial charge in [-0.15, -0.1) is 11.3 Å². The fraction of sp³-hybridized carbons (Fsp3) is 0.455. The Balaban J connectivity index is 2.11. The van der Waals surface area contributed by atoms with Gasteiger partial charge in [-0.3, -0.25) is 0 Å². The van der Waals surface area contributed by atoms with Crippen molar-refractivity contribution in [2.75, 3.05) is 24.3 Å². The van der Waals surface area contributed by atoms with E-state index in [9.17, 15) is 0 Å². The van der Waals surface area contributed by atoms with Gasteiger partial charge >= 0.3 is 6.01 Å². The zero-order chi connectivity index (χ0) is 13.7. The summed E-state index contributed by atoms with van der Waals surface area (Å²) in [4.78, 5) is 18.3. The maximum Gasteiger partial charge on any atom is 0.323 e. The van der Waals surface area contributed by atoms with E-state index in [1.54, 1.807) is 16.8 Å². The molecule has 0 unspecified atom stereocenters. The molecule has 7 nitrogen and oxygen atoms in total. The van der Waals surface area contributed by atoms with Gasteiger partial charge in [0.25, 0.3) is 0 Å². The molecule has 0 saturated carbocycles. The molecule has 2 aromatic heterocycles. The first kappa shape index (κ1) is 13.5. The summed E-state index contributed by atoms with van der Waals surface area (Å²) < 4.78 is 5.38. The Kier molecular flexibility index (Phi) is 4.45. The molecule has 0 aliphatic carbocycles. The lowest BCUT2D eigenvalue weighted by atomic mass is 10.4. The second kappa shape index (κ2) is 6.28. The first-order chi connectivity index (χ1) is 9.19. The number of aromatic nitrogens is 4. The Morgan fingerprint density at radius 2 is 2.21 bits per heavy atom. The van der Waals surface area contributed by atoms with E-state index in [0.717, 1.165) is 12.1 Å².